The van der Waals surface area contributed by atoms with E-state index in [1.54, 1.807) is 0 Å². The Kier molecular flexibility index (Phi) is 4.11. The molecule has 0 saturated carbocycles. The molecule has 0 amide bonds. The molecule has 1 atom stereocenters. The van der Waals surface area contributed by atoms with Crippen LogP contribution in [0.1, 0.15) is 29.5 Å². The molecule has 1 N–H and O–H groups in total. The van der Waals surface area contributed by atoms with Crippen molar-refractivity contribution in [2.45, 2.75) is 38.6 Å². The Bertz CT molecular complexity index is 592. The van der Waals surface area contributed by atoms with Crippen LogP contribution >= 0.6 is 15.9 Å². The summed E-state index contributed by atoms with van der Waals surface area (Å²) in [4.78, 5) is 0. The molecule has 2 aromatic carbocycles. The molecule has 0 radical (unpaired) electrons. The van der Waals surface area contributed by atoms with Crippen LogP contribution in [0, 0.1) is 6.92 Å². The van der Waals surface area contributed by atoms with Gasteiger partial charge in [-0.15, -0.1) is 0 Å². The molecule has 0 fully saturated rings. The van der Waals surface area contributed by atoms with E-state index in [0.717, 1.165) is 6.42 Å². The molecular weight excluding hydrogens is 310 g/mol. The summed E-state index contributed by atoms with van der Waals surface area (Å²) < 4.78 is 1.19. The van der Waals surface area contributed by atoms with Crippen molar-refractivity contribution in [2.75, 3.05) is 5.32 Å². The van der Waals surface area contributed by atoms with Gasteiger partial charge < -0.3 is 5.32 Å². The van der Waals surface area contributed by atoms with Gasteiger partial charge in [0.25, 0.3) is 0 Å². The topological polar surface area (TPSA) is 12.0 Å². The quantitative estimate of drug-likeness (QED) is 0.824. The Morgan fingerprint density at radius 2 is 2.00 bits per heavy atom. The molecule has 20 heavy (non-hydrogen) atoms. The highest BCUT2D eigenvalue weighted by Gasteiger charge is 2.19. The number of rotatable bonds is 3. The van der Waals surface area contributed by atoms with E-state index >= 15 is 0 Å². The van der Waals surface area contributed by atoms with Crippen molar-refractivity contribution in [3.05, 3.63) is 63.6 Å². The maximum Gasteiger partial charge on any atom is 0.0405 e. The molecule has 0 spiro atoms. The number of anilines is 1. The van der Waals surface area contributed by atoms with Crippen LogP contribution in [-0.4, -0.2) is 6.04 Å². The molecule has 1 aliphatic rings. The van der Waals surface area contributed by atoms with Crippen LogP contribution in [0.3, 0.4) is 0 Å². The number of halogens is 1. The lowest BCUT2D eigenvalue weighted by Gasteiger charge is -2.29. The molecular formula is C18H20BrN. The van der Waals surface area contributed by atoms with Gasteiger partial charge in [-0.05, 0) is 61.4 Å². The summed E-state index contributed by atoms with van der Waals surface area (Å²) in [7, 11) is 0. The van der Waals surface area contributed by atoms with Gasteiger partial charge in [0.05, 0.1) is 0 Å². The Balaban J connectivity index is 1.67. The van der Waals surface area contributed by atoms with Gasteiger partial charge in [0.2, 0.25) is 0 Å². The summed E-state index contributed by atoms with van der Waals surface area (Å²) in [5.41, 5.74) is 5.59. The van der Waals surface area contributed by atoms with Gasteiger partial charge in [0.1, 0.15) is 0 Å². The minimum absolute atomic E-state index is 0.600. The third-order valence-corrected chi connectivity index (χ3v) is 4.57. The van der Waals surface area contributed by atoms with Crippen molar-refractivity contribution < 1.29 is 0 Å². The fourth-order valence-electron chi connectivity index (χ4n) is 3.02. The molecule has 0 saturated heterocycles. The minimum Gasteiger partial charge on any atom is -0.382 e. The van der Waals surface area contributed by atoms with Crippen molar-refractivity contribution in [1.82, 2.24) is 0 Å². The third kappa shape index (κ3) is 3.06. The Morgan fingerprint density at radius 3 is 2.80 bits per heavy atom. The highest BCUT2D eigenvalue weighted by atomic mass is 79.9. The van der Waals surface area contributed by atoms with Crippen molar-refractivity contribution >= 4 is 21.6 Å². The summed E-state index contributed by atoms with van der Waals surface area (Å²) in [5.74, 6) is 0. The van der Waals surface area contributed by atoms with Crippen molar-refractivity contribution in [3.63, 3.8) is 0 Å². The molecule has 104 valence electrons. The summed E-state index contributed by atoms with van der Waals surface area (Å²) in [6.45, 7) is 2.19. The lowest BCUT2D eigenvalue weighted by atomic mass is 9.92. The minimum atomic E-state index is 0.600. The molecule has 1 aliphatic heterocycles. The summed E-state index contributed by atoms with van der Waals surface area (Å²) in [5, 5.41) is 3.74. The first kappa shape index (κ1) is 13.7. The van der Waals surface area contributed by atoms with Gasteiger partial charge in [0, 0.05) is 16.2 Å². The molecule has 1 nitrogen and oxygen atoms in total. The van der Waals surface area contributed by atoms with Crippen LogP contribution in [0.4, 0.5) is 5.69 Å². The van der Waals surface area contributed by atoms with E-state index in [-0.39, 0.29) is 0 Å². The van der Waals surface area contributed by atoms with Gasteiger partial charge in [0.15, 0.2) is 0 Å². The van der Waals surface area contributed by atoms with Crippen LogP contribution in [0.15, 0.2) is 46.9 Å². The summed E-state index contributed by atoms with van der Waals surface area (Å²) in [6.07, 6.45) is 4.78. The van der Waals surface area contributed by atoms with E-state index < -0.39 is 0 Å². The molecule has 1 unspecified atom stereocenters. The molecule has 2 aromatic rings. The van der Waals surface area contributed by atoms with Gasteiger partial charge in [-0.1, -0.05) is 46.3 Å². The second-order valence-electron chi connectivity index (χ2n) is 5.66. The molecule has 0 aromatic heterocycles. The van der Waals surface area contributed by atoms with E-state index in [4.69, 9.17) is 0 Å². The second kappa shape index (κ2) is 6.01. The van der Waals surface area contributed by atoms with Crippen molar-refractivity contribution in [2.24, 2.45) is 0 Å². The Hall–Kier alpha value is -1.28. The fraction of sp³-hybridized carbons (Fsp3) is 0.333. The Labute approximate surface area is 129 Å². The molecule has 0 aliphatic carbocycles. The smallest absolute Gasteiger partial charge is 0.0405 e. The lowest BCUT2D eigenvalue weighted by Crippen LogP contribution is -2.26. The maximum absolute atomic E-state index is 3.74. The lowest BCUT2D eigenvalue weighted by molar-refractivity contribution is 0.585. The number of fused-ring (bicyclic) bond motifs is 1. The van der Waals surface area contributed by atoms with E-state index in [0.29, 0.717) is 6.04 Å². The number of aryl methyl sites for hydroxylation is 3. The van der Waals surface area contributed by atoms with Crippen molar-refractivity contribution in [3.8, 4) is 0 Å². The number of hydrogen-bond acceptors (Lipinski definition) is 1. The highest BCUT2D eigenvalue weighted by molar-refractivity contribution is 9.10. The maximum atomic E-state index is 3.74. The Morgan fingerprint density at radius 1 is 1.20 bits per heavy atom. The predicted octanol–water partition coefficient (Wildman–Crippen LogP) is 5.12. The van der Waals surface area contributed by atoms with Crippen LogP contribution in [0.5, 0.6) is 0 Å². The SMILES string of the molecule is Cc1cc(Br)cc2c1NC(CCc1ccccc1)CC2. The van der Waals surface area contributed by atoms with Gasteiger partial charge in [-0.3, -0.25) is 0 Å². The molecule has 3 rings (SSSR count). The fourth-order valence-corrected chi connectivity index (χ4v) is 3.64. The summed E-state index contributed by atoms with van der Waals surface area (Å²) in [6, 6.07) is 15.8. The van der Waals surface area contributed by atoms with E-state index in [1.165, 1.54) is 46.1 Å². The van der Waals surface area contributed by atoms with Crippen molar-refractivity contribution in [1.29, 1.82) is 0 Å². The first-order valence-electron chi connectivity index (χ1n) is 7.32. The second-order valence-corrected chi connectivity index (χ2v) is 6.58. The largest absolute Gasteiger partial charge is 0.382 e. The van der Waals surface area contributed by atoms with Crippen LogP contribution < -0.4 is 5.32 Å². The average Bonchev–Trinajstić information content (AvgIpc) is 2.46. The van der Waals surface area contributed by atoms with E-state index in [2.05, 4.69) is 70.6 Å². The number of hydrogen-bond donors (Lipinski definition) is 1. The third-order valence-electron chi connectivity index (χ3n) is 4.12. The average molecular weight is 330 g/mol. The van der Waals surface area contributed by atoms with E-state index in [9.17, 15) is 0 Å². The first-order chi connectivity index (χ1) is 9.72. The molecule has 1 heterocycles. The van der Waals surface area contributed by atoms with Crippen LogP contribution in [-0.2, 0) is 12.8 Å². The van der Waals surface area contributed by atoms with Crippen LogP contribution in [0.2, 0.25) is 0 Å². The standard InChI is InChI=1S/C18H20BrN/c1-13-11-16(19)12-15-8-10-17(20-18(13)15)9-7-14-5-3-2-4-6-14/h2-6,11-12,17,20H,7-10H2,1H3. The zero-order valence-electron chi connectivity index (χ0n) is 11.8. The molecule has 2 heteroatoms. The van der Waals surface area contributed by atoms with Gasteiger partial charge in [-0.25, -0.2) is 0 Å². The number of nitrogens with one attached hydrogen (secondary N) is 1. The molecule has 0 bridgehead atoms. The number of benzene rings is 2. The van der Waals surface area contributed by atoms with Crippen LogP contribution in [0.25, 0.3) is 0 Å². The predicted molar refractivity (Wildman–Crippen MR) is 89.4 cm³/mol. The monoisotopic (exact) mass is 329 g/mol. The van der Waals surface area contributed by atoms with Gasteiger partial charge >= 0.3 is 0 Å². The normalized spacial score (nSPS) is 17.4. The van der Waals surface area contributed by atoms with E-state index in [1.807, 2.05) is 0 Å². The zero-order valence-corrected chi connectivity index (χ0v) is 13.4. The van der Waals surface area contributed by atoms with Gasteiger partial charge in [-0.2, -0.15) is 0 Å². The summed E-state index contributed by atoms with van der Waals surface area (Å²) >= 11 is 3.59. The first-order valence-corrected chi connectivity index (χ1v) is 8.11. The zero-order chi connectivity index (χ0) is 13.9. The highest BCUT2D eigenvalue weighted by Crippen LogP contribution is 2.32.